The summed E-state index contributed by atoms with van der Waals surface area (Å²) in [5.74, 6) is 0.329. The highest BCUT2D eigenvalue weighted by Crippen LogP contribution is 2.37. The Morgan fingerprint density at radius 3 is 2.74 bits per heavy atom. The molecule has 6 aromatic rings. The molecule has 2 atom stereocenters. The van der Waals surface area contributed by atoms with Gasteiger partial charge in [-0.15, -0.1) is 0 Å². The van der Waals surface area contributed by atoms with Crippen LogP contribution < -0.4 is 10.5 Å². The average Bonchev–Trinajstić information content (AvgIpc) is 3.52. The second-order valence-corrected chi connectivity index (χ2v) is 9.64. The molecule has 10 nitrogen and oxygen atoms in total. The van der Waals surface area contributed by atoms with E-state index in [2.05, 4.69) is 43.1 Å². The van der Waals surface area contributed by atoms with E-state index in [0.717, 1.165) is 33.6 Å². The van der Waals surface area contributed by atoms with Crippen molar-refractivity contribution in [2.45, 2.75) is 19.5 Å². The molecule has 0 bridgehead atoms. The molecule has 0 fully saturated rings. The summed E-state index contributed by atoms with van der Waals surface area (Å²) >= 11 is -2.11. The van der Waals surface area contributed by atoms with E-state index in [1.165, 1.54) is 6.33 Å². The van der Waals surface area contributed by atoms with Crippen LogP contribution in [0.15, 0.2) is 85.5 Å². The van der Waals surface area contributed by atoms with Crippen LogP contribution in [0.2, 0.25) is 0 Å². The number of pyridine rings is 2. The first kappa shape index (κ1) is 23.9. The van der Waals surface area contributed by atoms with E-state index in [0.29, 0.717) is 22.5 Å². The maximum Gasteiger partial charge on any atom is 0.232 e. The van der Waals surface area contributed by atoms with Gasteiger partial charge in [-0.1, -0.05) is 30.3 Å². The van der Waals surface area contributed by atoms with Gasteiger partial charge in [0.2, 0.25) is 11.3 Å². The molecule has 190 valence electrons. The molecule has 6 rings (SSSR count). The number of nitrogen functional groups attached to an aromatic ring is 1. The van der Waals surface area contributed by atoms with E-state index in [1.54, 1.807) is 6.20 Å². The van der Waals surface area contributed by atoms with E-state index in [9.17, 15) is 4.21 Å². The summed E-state index contributed by atoms with van der Waals surface area (Å²) in [5, 5.41) is 5.66. The highest BCUT2D eigenvalue weighted by atomic mass is 32.2. The van der Waals surface area contributed by atoms with Crippen LogP contribution >= 0.6 is 0 Å². The fraction of sp³-hybridized carbons (Fsp3) is 0.111. The Labute approximate surface area is 220 Å². The van der Waals surface area contributed by atoms with Crippen molar-refractivity contribution in [1.29, 1.82) is 0 Å². The number of aromatic nitrogens is 6. The first-order chi connectivity index (χ1) is 18.5. The third-order valence-electron chi connectivity index (χ3n) is 6.55. The largest absolute Gasteiger partial charge is 0.383 e. The van der Waals surface area contributed by atoms with Crippen LogP contribution in [0.1, 0.15) is 24.1 Å². The Kier molecular flexibility index (Phi) is 6.16. The molecular formula is C27H24N8O2S. The van der Waals surface area contributed by atoms with Gasteiger partial charge in [-0.3, -0.25) is 9.54 Å². The summed E-state index contributed by atoms with van der Waals surface area (Å²) in [4.78, 5) is 13.4. The number of hydrogen-bond donors (Lipinski definition) is 3. The monoisotopic (exact) mass is 524 g/mol. The number of anilines is 1. The number of nitrogens with one attached hydrogen (secondary N) is 1. The van der Waals surface area contributed by atoms with E-state index in [1.807, 2.05) is 65.5 Å². The number of benzene rings is 1. The maximum absolute atomic E-state index is 11.1. The van der Waals surface area contributed by atoms with Crippen LogP contribution in [0.5, 0.6) is 0 Å². The summed E-state index contributed by atoms with van der Waals surface area (Å²) < 4.78 is 26.7. The average molecular weight is 525 g/mol. The molecule has 11 heteroatoms. The van der Waals surface area contributed by atoms with Crippen molar-refractivity contribution >= 4 is 33.6 Å². The molecule has 0 spiro atoms. The molecule has 1 aromatic carbocycles. The van der Waals surface area contributed by atoms with Crippen molar-refractivity contribution in [3.8, 4) is 22.6 Å². The van der Waals surface area contributed by atoms with Gasteiger partial charge < -0.3 is 10.1 Å². The molecule has 2 unspecified atom stereocenters. The smallest absolute Gasteiger partial charge is 0.232 e. The summed E-state index contributed by atoms with van der Waals surface area (Å²) in [7, 11) is 0. The Balaban J connectivity index is 1.53. The second kappa shape index (κ2) is 9.78. The molecule has 0 aliphatic carbocycles. The van der Waals surface area contributed by atoms with Gasteiger partial charge in [0.25, 0.3) is 0 Å². The quantitative estimate of drug-likeness (QED) is 0.266. The third kappa shape index (κ3) is 4.22. The fourth-order valence-electron chi connectivity index (χ4n) is 4.81. The van der Waals surface area contributed by atoms with Crippen LogP contribution in [-0.4, -0.2) is 37.9 Å². The Morgan fingerprint density at radius 1 is 1.05 bits per heavy atom. The lowest BCUT2D eigenvalue weighted by atomic mass is 10.1. The van der Waals surface area contributed by atoms with Crippen LogP contribution in [0.3, 0.4) is 0 Å². The lowest BCUT2D eigenvalue weighted by Gasteiger charge is -2.15. The van der Waals surface area contributed by atoms with Crippen molar-refractivity contribution in [3.63, 3.8) is 0 Å². The lowest BCUT2D eigenvalue weighted by molar-refractivity contribution is 0.548. The molecule has 0 radical (unpaired) electrons. The molecule has 0 saturated heterocycles. The molecule has 5 heterocycles. The van der Waals surface area contributed by atoms with Crippen molar-refractivity contribution in [3.05, 3.63) is 96.6 Å². The first-order valence-electron chi connectivity index (χ1n) is 11.9. The van der Waals surface area contributed by atoms with Crippen molar-refractivity contribution in [1.82, 2.24) is 33.9 Å². The predicted octanol–water partition coefficient (Wildman–Crippen LogP) is 4.23. The Bertz CT molecular complexity index is 1800. The van der Waals surface area contributed by atoms with Crippen molar-refractivity contribution in [2.75, 3.05) is 5.73 Å². The number of hydrogen-bond acceptors (Lipinski definition) is 6. The predicted molar refractivity (Wildman–Crippen MR) is 147 cm³/mol. The molecule has 4 N–H and O–H groups in total. The Hall–Kier alpha value is -4.45. The molecule has 0 amide bonds. The zero-order valence-electron chi connectivity index (χ0n) is 20.4. The normalized spacial score (nSPS) is 13.2. The minimum Gasteiger partial charge on any atom is -0.383 e. The molecule has 38 heavy (non-hydrogen) atoms. The van der Waals surface area contributed by atoms with Gasteiger partial charge in [-0.05, 0) is 48.9 Å². The highest BCUT2D eigenvalue weighted by molar-refractivity contribution is 7.77. The summed E-state index contributed by atoms with van der Waals surface area (Å²) in [6.45, 7) is 2.30. The highest BCUT2D eigenvalue weighted by Gasteiger charge is 2.25. The maximum atomic E-state index is 11.1. The zero-order chi connectivity index (χ0) is 26.2. The SMILES string of the molecule is CC(c1cc2ccccn2c1-c1ccccn1)n1nc(-c2cccc(CNS(=O)O)c2)c2c(N)ncnc21. The van der Waals surface area contributed by atoms with Crippen LogP contribution in [0, 0.1) is 0 Å². The van der Waals surface area contributed by atoms with Gasteiger partial charge in [0.1, 0.15) is 17.8 Å². The van der Waals surface area contributed by atoms with Gasteiger partial charge in [0, 0.05) is 35.6 Å². The van der Waals surface area contributed by atoms with E-state index >= 15 is 0 Å². The molecule has 5 aromatic heterocycles. The zero-order valence-corrected chi connectivity index (χ0v) is 21.2. The summed E-state index contributed by atoms with van der Waals surface area (Å²) in [6.07, 6.45) is 5.26. The minimum atomic E-state index is -2.11. The van der Waals surface area contributed by atoms with Gasteiger partial charge in [0.05, 0.1) is 22.8 Å². The fourth-order valence-corrected chi connectivity index (χ4v) is 5.10. The summed E-state index contributed by atoms with van der Waals surface area (Å²) in [6, 6.07) is 21.5. The van der Waals surface area contributed by atoms with E-state index in [4.69, 9.17) is 15.4 Å². The number of nitrogens with two attached hydrogens (primary N) is 1. The van der Waals surface area contributed by atoms with Crippen LogP contribution in [-0.2, 0) is 17.8 Å². The van der Waals surface area contributed by atoms with Crippen LogP contribution in [0.4, 0.5) is 5.82 Å². The standard InChI is InChI=1S/C27H24N8O2S/c1-17(21-14-20-9-3-5-12-34(20)25(21)22-10-2-4-11-29-22)35-27-23(26(28)30-16-31-27)24(33-35)19-8-6-7-18(13-19)15-32-38(36)37/h2-14,16-17,32H,15H2,1H3,(H,36,37)(H2,28,30,31). The summed E-state index contributed by atoms with van der Waals surface area (Å²) in [5.41, 5.74) is 13.2. The van der Waals surface area contributed by atoms with Gasteiger partial charge in [0.15, 0.2) is 5.65 Å². The second-order valence-electron chi connectivity index (χ2n) is 8.86. The number of fused-ring (bicyclic) bond motifs is 2. The van der Waals surface area contributed by atoms with E-state index in [-0.39, 0.29) is 12.6 Å². The number of nitrogens with zero attached hydrogens (tertiary/aromatic N) is 6. The molecule has 0 aliphatic rings. The van der Waals surface area contributed by atoms with E-state index < -0.39 is 11.3 Å². The van der Waals surface area contributed by atoms with Gasteiger partial charge >= 0.3 is 0 Å². The number of rotatable bonds is 7. The topological polar surface area (TPSA) is 136 Å². The van der Waals surface area contributed by atoms with Crippen LogP contribution in [0.25, 0.3) is 39.2 Å². The molecular weight excluding hydrogens is 500 g/mol. The Morgan fingerprint density at radius 2 is 1.92 bits per heavy atom. The molecule has 0 aliphatic heterocycles. The lowest BCUT2D eigenvalue weighted by Crippen LogP contribution is -2.15. The van der Waals surface area contributed by atoms with Gasteiger partial charge in [-0.25, -0.2) is 23.6 Å². The first-order valence-corrected chi connectivity index (χ1v) is 13.1. The van der Waals surface area contributed by atoms with Crippen molar-refractivity contribution < 1.29 is 8.76 Å². The third-order valence-corrected chi connectivity index (χ3v) is 6.94. The van der Waals surface area contributed by atoms with Crippen molar-refractivity contribution in [2.24, 2.45) is 0 Å². The van der Waals surface area contributed by atoms with Gasteiger partial charge in [-0.2, -0.15) is 5.10 Å². The molecule has 0 saturated carbocycles. The minimum absolute atomic E-state index is 0.223.